The molecule has 1 aliphatic rings. The van der Waals surface area contributed by atoms with Gasteiger partial charge in [-0.1, -0.05) is 30.3 Å². The molecule has 0 spiro atoms. The van der Waals surface area contributed by atoms with Gasteiger partial charge in [0.2, 0.25) is 0 Å². The predicted molar refractivity (Wildman–Crippen MR) is 145 cm³/mol. The maximum absolute atomic E-state index is 13.2. The van der Waals surface area contributed by atoms with E-state index in [9.17, 15) is 9.59 Å². The molecule has 1 amide bonds. The fourth-order valence-electron chi connectivity index (χ4n) is 4.95. The zero-order chi connectivity index (χ0) is 25.5. The van der Waals surface area contributed by atoms with Crippen molar-refractivity contribution in [3.05, 3.63) is 99.8 Å². The highest BCUT2D eigenvalue weighted by atomic mass is 16.3. The molecule has 5 aromatic rings. The first kappa shape index (κ1) is 22.9. The summed E-state index contributed by atoms with van der Waals surface area (Å²) in [6.07, 6.45) is 1.80. The van der Waals surface area contributed by atoms with Crippen LogP contribution in [0.25, 0.3) is 33.3 Å². The van der Waals surface area contributed by atoms with Gasteiger partial charge < -0.3 is 14.2 Å². The lowest BCUT2D eigenvalue weighted by atomic mass is 10.0. The van der Waals surface area contributed by atoms with Crippen molar-refractivity contribution in [1.29, 1.82) is 0 Å². The third-order valence-corrected chi connectivity index (χ3v) is 6.90. The van der Waals surface area contributed by atoms with Crippen molar-refractivity contribution in [2.45, 2.75) is 13.8 Å². The summed E-state index contributed by atoms with van der Waals surface area (Å²) >= 11 is 0. The second kappa shape index (κ2) is 9.17. The van der Waals surface area contributed by atoms with Gasteiger partial charge in [-0.3, -0.25) is 14.6 Å². The lowest BCUT2D eigenvalue weighted by Crippen LogP contribution is -2.49. The van der Waals surface area contributed by atoms with Gasteiger partial charge in [-0.05, 0) is 55.3 Å². The summed E-state index contributed by atoms with van der Waals surface area (Å²) in [5.41, 5.74) is 5.59. The molecule has 184 valence electrons. The van der Waals surface area contributed by atoms with Crippen molar-refractivity contribution >= 4 is 33.7 Å². The molecule has 1 saturated heterocycles. The van der Waals surface area contributed by atoms with E-state index in [0.29, 0.717) is 48.5 Å². The molecule has 0 atom stereocenters. The number of hydrogen-bond donors (Lipinski definition) is 0. The molecule has 0 saturated carbocycles. The number of rotatable bonds is 3. The largest absolute Gasteiger partial charge is 0.456 e. The number of amides is 1. The fraction of sp³-hybridized carbons (Fsp3) is 0.200. The number of carbonyl (C=O) groups is 1. The molecule has 7 nitrogen and oxygen atoms in total. The molecule has 1 aliphatic heterocycles. The minimum Gasteiger partial charge on any atom is -0.456 e. The van der Waals surface area contributed by atoms with E-state index < -0.39 is 0 Å². The molecular weight excluding hydrogens is 464 g/mol. The molecular formula is C30H26N4O3. The third kappa shape index (κ3) is 4.33. The van der Waals surface area contributed by atoms with Crippen molar-refractivity contribution in [2.75, 3.05) is 31.1 Å². The number of hydrogen-bond acceptors (Lipinski definition) is 6. The van der Waals surface area contributed by atoms with Gasteiger partial charge in [-0.25, -0.2) is 4.98 Å². The van der Waals surface area contributed by atoms with Crippen molar-refractivity contribution in [2.24, 2.45) is 0 Å². The van der Waals surface area contributed by atoms with Gasteiger partial charge in [-0.2, -0.15) is 0 Å². The zero-order valence-electron chi connectivity index (χ0n) is 20.8. The molecule has 0 aliphatic carbocycles. The molecule has 0 unspecified atom stereocenters. The van der Waals surface area contributed by atoms with Gasteiger partial charge in [0.25, 0.3) is 5.91 Å². The average molecular weight is 491 g/mol. The second-order valence-corrected chi connectivity index (χ2v) is 9.51. The number of carbonyl (C=O) groups excluding carboxylic acids is 1. The first-order valence-corrected chi connectivity index (χ1v) is 12.4. The van der Waals surface area contributed by atoms with Crippen LogP contribution in [0.5, 0.6) is 0 Å². The number of fused-ring (bicyclic) bond motifs is 2. The molecule has 0 bridgehead atoms. The van der Waals surface area contributed by atoms with Crippen LogP contribution in [0.15, 0.2) is 82.1 Å². The van der Waals surface area contributed by atoms with E-state index in [-0.39, 0.29) is 11.3 Å². The number of aromatic nitrogens is 2. The van der Waals surface area contributed by atoms with Gasteiger partial charge in [-0.15, -0.1) is 0 Å². The highest BCUT2D eigenvalue weighted by Gasteiger charge is 2.23. The van der Waals surface area contributed by atoms with Crippen LogP contribution in [0.4, 0.5) is 5.82 Å². The summed E-state index contributed by atoms with van der Waals surface area (Å²) in [6, 6.07) is 20.5. The molecule has 2 aromatic heterocycles. The van der Waals surface area contributed by atoms with Crippen LogP contribution in [0.2, 0.25) is 0 Å². The lowest BCUT2D eigenvalue weighted by molar-refractivity contribution is 0.0746. The Hall–Kier alpha value is -4.52. The molecule has 3 aromatic carbocycles. The Labute approximate surface area is 214 Å². The molecule has 0 N–H and O–H groups in total. The fourth-order valence-corrected chi connectivity index (χ4v) is 4.95. The first-order chi connectivity index (χ1) is 18.0. The number of piperazine rings is 1. The highest BCUT2D eigenvalue weighted by Crippen LogP contribution is 2.26. The van der Waals surface area contributed by atoms with Crippen molar-refractivity contribution < 1.29 is 9.21 Å². The maximum Gasteiger partial charge on any atom is 0.253 e. The highest BCUT2D eigenvalue weighted by molar-refractivity contribution is 5.95. The first-order valence-electron chi connectivity index (χ1n) is 12.4. The number of benzene rings is 3. The predicted octanol–water partition coefficient (Wildman–Crippen LogP) is 4.98. The zero-order valence-corrected chi connectivity index (χ0v) is 20.8. The Morgan fingerprint density at radius 2 is 1.62 bits per heavy atom. The normalized spacial score (nSPS) is 13.9. The van der Waals surface area contributed by atoms with Gasteiger partial charge >= 0.3 is 0 Å². The third-order valence-electron chi connectivity index (χ3n) is 6.90. The average Bonchev–Trinajstić information content (AvgIpc) is 2.93. The Bertz CT molecular complexity index is 1700. The molecule has 6 rings (SSSR count). The Balaban J connectivity index is 1.16. The van der Waals surface area contributed by atoms with E-state index in [1.807, 2.05) is 67.3 Å². The van der Waals surface area contributed by atoms with Crippen LogP contribution in [0.1, 0.15) is 21.5 Å². The van der Waals surface area contributed by atoms with Crippen molar-refractivity contribution in [3.8, 4) is 11.3 Å². The van der Waals surface area contributed by atoms with Crippen LogP contribution < -0.4 is 10.3 Å². The SMILES string of the molecule is Cc1cc(C)c2oc(-c3ccc(C(=O)N4CCN(c5cnc6ccccc6n5)CC4)cc3)cc(=O)c2c1. The lowest BCUT2D eigenvalue weighted by Gasteiger charge is -2.35. The summed E-state index contributed by atoms with van der Waals surface area (Å²) in [5, 5.41) is 0.585. The summed E-state index contributed by atoms with van der Waals surface area (Å²) in [5.74, 6) is 1.31. The summed E-state index contributed by atoms with van der Waals surface area (Å²) in [7, 11) is 0. The molecule has 3 heterocycles. The molecule has 7 heteroatoms. The summed E-state index contributed by atoms with van der Waals surface area (Å²) in [6.45, 7) is 6.50. The van der Waals surface area contributed by atoms with Gasteiger partial charge in [0.15, 0.2) is 5.43 Å². The minimum atomic E-state index is -0.0721. The molecule has 0 radical (unpaired) electrons. The van der Waals surface area contributed by atoms with Gasteiger partial charge in [0, 0.05) is 43.4 Å². The maximum atomic E-state index is 13.2. The molecule has 1 fully saturated rings. The van der Waals surface area contributed by atoms with Crippen molar-refractivity contribution in [1.82, 2.24) is 14.9 Å². The van der Waals surface area contributed by atoms with Crippen LogP contribution in [-0.2, 0) is 0 Å². The van der Waals surface area contributed by atoms with E-state index >= 15 is 0 Å². The van der Waals surface area contributed by atoms with E-state index in [4.69, 9.17) is 9.40 Å². The Kier molecular flexibility index (Phi) is 5.68. The van der Waals surface area contributed by atoms with Gasteiger partial charge in [0.1, 0.15) is 17.2 Å². The summed E-state index contributed by atoms with van der Waals surface area (Å²) in [4.78, 5) is 39.2. The second-order valence-electron chi connectivity index (χ2n) is 9.51. The van der Waals surface area contributed by atoms with Crippen LogP contribution >= 0.6 is 0 Å². The minimum absolute atomic E-state index is 0.0120. The standard InChI is InChI=1S/C30H26N4O3/c1-19-15-20(2)29-23(16-19)26(35)17-27(37-29)21-7-9-22(10-8-21)30(36)34-13-11-33(12-14-34)28-18-31-24-5-3-4-6-25(24)32-28/h3-10,15-18H,11-14H2,1-2H3. The van der Waals surface area contributed by atoms with Gasteiger partial charge in [0.05, 0.1) is 22.6 Å². The van der Waals surface area contributed by atoms with E-state index in [0.717, 1.165) is 33.5 Å². The van der Waals surface area contributed by atoms with Crippen LogP contribution in [0, 0.1) is 13.8 Å². The van der Waals surface area contributed by atoms with E-state index in [2.05, 4.69) is 9.88 Å². The van der Waals surface area contributed by atoms with Crippen molar-refractivity contribution in [3.63, 3.8) is 0 Å². The monoisotopic (exact) mass is 490 g/mol. The quantitative estimate of drug-likeness (QED) is 0.355. The Morgan fingerprint density at radius 1 is 0.892 bits per heavy atom. The van der Waals surface area contributed by atoms with E-state index in [1.165, 1.54) is 6.07 Å². The van der Waals surface area contributed by atoms with E-state index in [1.54, 1.807) is 18.3 Å². The molecule has 37 heavy (non-hydrogen) atoms. The Morgan fingerprint density at radius 3 is 2.38 bits per heavy atom. The van der Waals surface area contributed by atoms with Crippen LogP contribution in [-0.4, -0.2) is 47.0 Å². The number of para-hydroxylation sites is 2. The summed E-state index contributed by atoms with van der Waals surface area (Å²) < 4.78 is 6.10. The van der Waals surface area contributed by atoms with Crippen LogP contribution in [0.3, 0.4) is 0 Å². The topological polar surface area (TPSA) is 79.5 Å². The number of aryl methyl sites for hydroxylation is 2. The smallest absolute Gasteiger partial charge is 0.253 e. The number of anilines is 1. The number of nitrogens with zero attached hydrogens (tertiary/aromatic N) is 4.